The van der Waals surface area contributed by atoms with Crippen LogP contribution in [-0.4, -0.2) is 0 Å². The lowest BCUT2D eigenvalue weighted by molar-refractivity contribution is 0.591. The maximum Gasteiger partial charge on any atom is 0.158 e. The lowest BCUT2D eigenvalue weighted by atomic mass is 9.99. The Bertz CT molecular complexity index is 663. The molecule has 5 heteroatoms. The maximum absolute atomic E-state index is 14.0. The predicted octanol–water partition coefficient (Wildman–Crippen LogP) is 3.85. The van der Waals surface area contributed by atoms with Crippen molar-refractivity contribution in [3.05, 3.63) is 52.0 Å². The minimum absolute atomic E-state index is 0.149. The number of halogens is 3. The first kappa shape index (κ1) is 12.5. The molecule has 0 saturated heterocycles. The molecule has 0 unspecified atom stereocenters. The highest BCUT2D eigenvalue weighted by Gasteiger charge is 2.19. The van der Waals surface area contributed by atoms with E-state index in [4.69, 9.17) is 11.0 Å². The van der Waals surface area contributed by atoms with Crippen molar-refractivity contribution in [1.82, 2.24) is 0 Å². The van der Waals surface area contributed by atoms with Crippen molar-refractivity contribution in [2.24, 2.45) is 0 Å². The van der Waals surface area contributed by atoms with E-state index in [1.807, 2.05) is 6.07 Å². The Morgan fingerprint density at radius 3 is 2.56 bits per heavy atom. The van der Waals surface area contributed by atoms with Gasteiger partial charge in [-0.15, -0.1) is 0 Å². The number of nitrogens with two attached hydrogens (primary N) is 1. The average molecular weight is 309 g/mol. The second-order valence-corrected chi connectivity index (χ2v) is 4.45. The molecule has 0 fully saturated rings. The van der Waals surface area contributed by atoms with E-state index in [0.717, 1.165) is 6.07 Å². The number of benzene rings is 2. The molecule has 0 heterocycles. The van der Waals surface area contributed by atoms with Crippen LogP contribution in [0.5, 0.6) is 0 Å². The monoisotopic (exact) mass is 308 g/mol. The normalized spacial score (nSPS) is 10.1. The summed E-state index contributed by atoms with van der Waals surface area (Å²) in [5.41, 5.74) is 5.42. The van der Waals surface area contributed by atoms with Gasteiger partial charge in [-0.3, -0.25) is 0 Å². The number of nitriles is 1. The molecule has 0 aromatic heterocycles. The first-order valence-electron chi connectivity index (χ1n) is 4.98. The third kappa shape index (κ3) is 1.95. The zero-order chi connectivity index (χ0) is 13.3. The first-order chi connectivity index (χ1) is 8.56. The van der Waals surface area contributed by atoms with Crippen LogP contribution in [0.3, 0.4) is 0 Å². The molecule has 0 atom stereocenters. The molecule has 0 aliphatic heterocycles. The van der Waals surface area contributed by atoms with E-state index in [9.17, 15) is 8.78 Å². The van der Waals surface area contributed by atoms with Gasteiger partial charge in [0.05, 0.1) is 22.9 Å². The number of nitrogen functional groups attached to an aromatic ring is 1. The van der Waals surface area contributed by atoms with E-state index in [1.54, 1.807) is 12.1 Å². The maximum atomic E-state index is 14.0. The Kier molecular flexibility index (Phi) is 3.30. The van der Waals surface area contributed by atoms with Crippen LogP contribution in [-0.2, 0) is 0 Å². The Balaban J connectivity index is 2.81. The van der Waals surface area contributed by atoms with Crippen molar-refractivity contribution in [3.63, 3.8) is 0 Å². The molecule has 2 nitrogen and oxygen atoms in total. The van der Waals surface area contributed by atoms with Crippen LogP contribution in [0.1, 0.15) is 5.56 Å². The van der Waals surface area contributed by atoms with Crippen molar-refractivity contribution in [2.75, 3.05) is 5.73 Å². The second kappa shape index (κ2) is 4.75. The summed E-state index contributed by atoms with van der Waals surface area (Å²) < 4.78 is 28.0. The Hall–Kier alpha value is -1.93. The molecule has 0 amide bonds. The molecule has 0 spiro atoms. The molecule has 18 heavy (non-hydrogen) atoms. The van der Waals surface area contributed by atoms with E-state index in [0.29, 0.717) is 0 Å². The van der Waals surface area contributed by atoms with Crippen LogP contribution in [0.15, 0.2) is 34.8 Å². The first-order valence-corrected chi connectivity index (χ1v) is 5.78. The minimum atomic E-state index is -0.871. The van der Waals surface area contributed by atoms with Crippen molar-refractivity contribution in [2.45, 2.75) is 0 Å². The van der Waals surface area contributed by atoms with Gasteiger partial charge in [-0.2, -0.15) is 5.26 Å². The molecule has 0 aliphatic rings. The van der Waals surface area contributed by atoms with Crippen molar-refractivity contribution < 1.29 is 8.78 Å². The van der Waals surface area contributed by atoms with E-state index in [-0.39, 0.29) is 26.9 Å². The summed E-state index contributed by atoms with van der Waals surface area (Å²) in [4.78, 5) is 0. The minimum Gasteiger partial charge on any atom is -0.395 e. The van der Waals surface area contributed by atoms with Gasteiger partial charge in [0.1, 0.15) is 5.82 Å². The molecule has 2 N–H and O–H groups in total. The molecular weight excluding hydrogens is 302 g/mol. The third-order valence-corrected chi connectivity index (χ3v) is 3.18. The Morgan fingerprint density at radius 1 is 1.22 bits per heavy atom. The molecule has 2 aromatic rings. The zero-order valence-corrected chi connectivity index (χ0v) is 10.6. The van der Waals surface area contributed by atoms with Crippen LogP contribution in [0, 0.1) is 23.0 Å². The fraction of sp³-hybridized carbons (Fsp3) is 0. The lowest BCUT2D eigenvalue weighted by Crippen LogP contribution is -1.99. The summed E-state index contributed by atoms with van der Waals surface area (Å²) in [6, 6.07) is 9.18. The second-order valence-electron chi connectivity index (χ2n) is 3.60. The van der Waals surface area contributed by atoms with Gasteiger partial charge in [0, 0.05) is 10.0 Å². The summed E-state index contributed by atoms with van der Waals surface area (Å²) in [6.45, 7) is 0. The average Bonchev–Trinajstić information content (AvgIpc) is 2.37. The molecular formula is C13H7BrF2N2. The van der Waals surface area contributed by atoms with Gasteiger partial charge in [-0.05, 0) is 28.1 Å². The summed E-state index contributed by atoms with van der Waals surface area (Å²) >= 11 is 2.97. The molecule has 0 radical (unpaired) electrons. The SMILES string of the molecule is N#Cc1ccccc1-c1c(F)cc(Br)c(N)c1F. The predicted molar refractivity (Wildman–Crippen MR) is 68.6 cm³/mol. The highest BCUT2D eigenvalue weighted by atomic mass is 79.9. The topological polar surface area (TPSA) is 49.8 Å². The van der Waals surface area contributed by atoms with Crippen molar-refractivity contribution in [1.29, 1.82) is 5.26 Å². The molecule has 0 aliphatic carbocycles. The third-order valence-electron chi connectivity index (χ3n) is 2.52. The Morgan fingerprint density at radius 2 is 1.89 bits per heavy atom. The van der Waals surface area contributed by atoms with Gasteiger partial charge in [0.2, 0.25) is 0 Å². The standard InChI is InChI=1S/C13H7BrF2N2/c14-9-5-10(15)11(12(16)13(9)18)8-4-2-1-3-7(8)6-17/h1-5H,18H2. The van der Waals surface area contributed by atoms with Gasteiger partial charge < -0.3 is 5.73 Å². The number of rotatable bonds is 1. The fourth-order valence-electron chi connectivity index (χ4n) is 1.65. The summed E-state index contributed by atoms with van der Waals surface area (Å²) in [7, 11) is 0. The molecule has 90 valence electrons. The number of anilines is 1. The van der Waals surface area contributed by atoms with E-state index in [1.165, 1.54) is 12.1 Å². The number of hydrogen-bond acceptors (Lipinski definition) is 2. The van der Waals surface area contributed by atoms with Crippen LogP contribution in [0.4, 0.5) is 14.5 Å². The zero-order valence-electron chi connectivity index (χ0n) is 9.05. The van der Waals surface area contributed by atoms with Crippen LogP contribution in [0.2, 0.25) is 0 Å². The summed E-state index contributed by atoms with van der Waals surface area (Å²) in [5.74, 6) is -1.64. The van der Waals surface area contributed by atoms with Crippen LogP contribution in [0.25, 0.3) is 11.1 Å². The van der Waals surface area contributed by atoms with Gasteiger partial charge in [-0.25, -0.2) is 8.78 Å². The van der Waals surface area contributed by atoms with Crippen molar-refractivity contribution in [3.8, 4) is 17.2 Å². The van der Waals surface area contributed by atoms with Crippen molar-refractivity contribution >= 4 is 21.6 Å². The van der Waals surface area contributed by atoms with E-state index >= 15 is 0 Å². The summed E-state index contributed by atoms with van der Waals surface area (Å²) in [6.07, 6.45) is 0. The van der Waals surface area contributed by atoms with Gasteiger partial charge in [0.25, 0.3) is 0 Å². The largest absolute Gasteiger partial charge is 0.395 e. The lowest BCUT2D eigenvalue weighted by Gasteiger charge is -2.10. The van der Waals surface area contributed by atoms with Gasteiger partial charge in [-0.1, -0.05) is 18.2 Å². The van der Waals surface area contributed by atoms with E-state index in [2.05, 4.69) is 15.9 Å². The van der Waals surface area contributed by atoms with Crippen LogP contribution >= 0.6 is 15.9 Å². The van der Waals surface area contributed by atoms with E-state index < -0.39 is 11.6 Å². The highest BCUT2D eigenvalue weighted by molar-refractivity contribution is 9.10. The molecule has 0 bridgehead atoms. The summed E-state index contributed by atoms with van der Waals surface area (Å²) in [5, 5.41) is 8.95. The quantitative estimate of drug-likeness (QED) is 0.814. The highest BCUT2D eigenvalue weighted by Crippen LogP contribution is 2.35. The van der Waals surface area contributed by atoms with Gasteiger partial charge in [0.15, 0.2) is 5.82 Å². The number of hydrogen-bond donors (Lipinski definition) is 1. The smallest absolute Gasteiger partial charge is 0.158 e. The number of nitrogens with zero attached hydrogens (tertiary/aromatic N) is 1. The fourth-order valence-corrected chi connectivity index (χ4v) is 2.03. The molecule has 2 aromatic carbocycles. The van der Waals surface area contributed by atoms with Crippen LogP contribution < -0.4 is 5.73 Å². The molecule has 2 rings (SSSR count). The molecule has 0 saturated carbocycles. The Labute approximate surface area is 111 Å². The van der Waals surface area contributed by atoms with Gasteiger partial charge >= 0.3 is 0 Å².